The van der Waals surface area contributed by atoms with E-state index in [-0.39, 0.29) is 18.1 Å². The van der Waals surface area contributed by atoms with E-state index in [9.17, 15) is 9.59 Å². The first kappa shape index (κ1) is 21.8. The number of urea groups is 1. The third kappa shape index (κ3) is 5.24. The van der Waals surface area contributed by atoms with E-state index >= 15 is 0 Å². The summed E-state index contributed by atoms with van der Waals surface area (Å²) in [6.45, 7) is 1.95. The average Bonchev–Trinajstić information content (AvgIpc) is 3.34. The molecule has 1 atom stereocenters. The molecule has 2 amide bonds. The summed E-state index contributed by atoms with van der Waals surface area (Å²) in [5, 5.41) is 13.9. The largest absolute Gasteiger partial charge is 0.462 e. The number of hydrogen-bond donors (Lipinski definition) is 2. The predicted octanol–water partition coefficient (Wildman–Crippen LogP) is 4.82. The summed E-state index contributed by atoms with van der Waals surface area (Å²) in [5.41, 5.74) is 2.12. The maximum absolute atomic E-state index is 12.9. The molecule has 166 valence electrons. The third-order valence-corrected chi connectivity index (χ3v) is 4.79. The fraction of sp³-hybridized carbons (Fsp3) is 0.120. The van der Waals surface area contributed by atoms with Crippen LogP contribution in [-0.4, -0.2) is 28.8 Å². The number of hydrogen-bond acceptors (Lipinski definition) is 6. The van der Waals surface area contributed by atoms with E-state index in [1.807, 2.05) is 60.7 Å². The summed E-state index contributed by atoms with van der Waals surface area (Å²) in [7, 11) is 0. The zero-order chi connectivity index (χ0) is 23.0. The first-order chi connectivity index (χ1) is 16.2. The lowest BCUT2D eigenvalue weighted by atomic mass is 10.1. The highest BCUT2D eigenvalue weighted by Gasteiger charge is 2.24. The lowest BCUT2D eigenvalue weighted by molar-refractivity contribution is 0.0527. The number of carbonyl (C=O) groups excluding carboxylic acids is 2. The monoisotopic (exact) mass is 442 g/mol. The van der Waals surface area contributed by atoms with Crippen LogP contribution in [0.3, 0.4) is 0 Å². The number of aromatic nitrogens is 2. The van der Waals surface area contributed by atoms with Crippen molar-refractivity contribution in [1.82, 2.24) is 15.5 Å². The molecule has 0 bridgehead atoms. The molecular weight excluding hydrogens is 420 g/mol. The maximum Gasteiger partial charge on any atom is 0.340 e. The SMILES string of the molecule is CCOC(=O)c1ccccc1NC(=O)NC(c1ccccc1)c1nnc(-c2ccccc2)o1. The smallest absolute Gasteiger partial charge is 0.340 e. The second-order valence-corrected chi connectivity index (χ2v) is 7.02. The topological polar surface area (TPSA) is 106 Å². The lowest BCUT2D eigenvalue weighted by Crippen LogP contribution is -2.34. The average molecular weight is 442 g/mol. The highest BCUT2D eigenvalue weighted by atomic mass is 16.5. The number of amides is 2. The minimum Gasteiger partial charge on any atom is -0.462 e. The zero-order valence-corrected chi connectivity index (χ0v) is 17.9. The Hall–Kier alpha value is -4.46. The molecule has 3 aromatic carbocycles. The van der Waals surface area contributed by atoms with E-state index in [0.29, 0.717) is 11.6 Å². The molecule has 0 aliphatic heterocycles. The molecule has 0 saturated carbocycles. The molecule has 1 unspecified atom stereocenters. The van der Waals surface area contributed by atoms with Crippen LogP contribution < -0.4 is 10.6 Å². The molecular formula is C25H22N4O4. The molecule has 0 aliphatic rings. The van der Waals surface area contributed by atoms with Crippen LogP contribution in [0.5, 0.6) is 0 Å². The molecule has 1 heterocycles. The number of rotatable bonds is 7. The molecule has 33 heavy (non-hydrogen) atoms. The van der Waals surface area contributed by atoms with E-state index in [1.54, 1.807) is 31.2 Å². The van der Waals surface area contributed by atoms with Crippen molar-refractivity contribution < 1.29 is 18.7 Å². The number of para-hydroxylation sites is 1. The Balaban J connectivity index is 1.58. The summed E-state index contributed by atoms with van der Waals surface area (Å²) in [5.74, 6) is 0.0627. The van der Waals surface area contributed by atoms with Gasteiger partial charge in [-0.25, -0.2) is 9.59 Å². The normalized spacial score (nSPS) is 11.4. The van der Waals surface area contributed by atoms with Crippen molar-refractivity contribution in [2.75, 3.05) is 11.9 Å². The Morgan fingerprint density at radius 2 is 1.58 bits per heavy atom. The van der Waals surface area contributed by atoms with Crippen LogP contribution in [0.2, 0.25) is 0 Å². The van der Waals surface area contributed by atoms with Gasteiger partial charge in [0.25, 0.3) is 0 Å². The quantitative estimate of drug-likeness (QED) is 0.397. The summed E-state index contributed by atoms with van der Waals surface area (Å²) >= 11 is 0. The van der Waals surface area contributed by atoms with Gasteiger partial charge in [0.15, 0.2) is 0 Å². The summed E-state index contributed by atoms with van der Waals surface area (Å²) in [6.07, 6.45) is 0. The summed E-state index contributed by atoms with van der Waals surface area (Å²) < 4.78 is 11.0. The summed E-state index contributed by atoms with van der Waals surface area (Å²) in [4.78, 5) is 25.1. The zero-order valence-electron chi connectivity index (χ0n) is 17.9. The first-order valence-corrected chi connectivity index (χ1v) is 10.4. The molecule has 2 N–H and O–H groups in total. The molecule has 0 fully saturated rings. The van der Waals surface area contributed by atoms with Crippen molar-refractivity contribution in [3.63, 3.8) is 0 Å². The van der Waals surface area contributed by atoms with Gasteiger partial charge in [-0.2, -0.15) is 0 Å². The van der Waals surface area contributed by atoms with E-state index in [2.05, 4.69) is 20.8 Å². The summed E-state index contributed by atoms with van der Waals surface area (Å²) in [6, 6.07) is 24.0. The van der Waals surface area contributed by atoms with E-state index < -0.39 is 18.0 Å². The Morgan fingerprint density at radius 3 is 2.30 bits per heavy atom. The number of carbonyl (C=O) groups is 2. The van der Waals surface area contributed by atoms with Crippen molar-refractivity contribution in [2.45, 2.75) is 13.0 Å². The van der Waals surface area contributed by atoms with Gasteiger partial charge in [-0.3, -0.25) is 0 Å². The molecule has 0 saturated heterocycles. The molecule has 8 nitrogen and oxygen atoms in total. The van der Waals surface area contributed by atoms with Gasteiger partial charge in [0.1, 0.15) is 6.04 Å². The van der Waals surface area contributed by atoms with Crippen LogP contribution >= 0.6 is 0 Å². The van der Waals surface area contributed by atoms with Crippen LogP contribution in [0.15, 0.2) is 89.3 Å². The van der Waals surface area contributed by atoms with Crippen molar-refractivity contribution in [3.8, 4) is 11.5 Å². The van der Waals surface area contributed by atoms with E-state index in [1.165, 1.54) is 0 Å². The number of benzene rings is 3. The van der Waals surface area contributed by atoms with Gasteiger partial charge >= 0.3 is 12.0 Å². The molecule has 0 radical (unpaired) electrons. The highest BCUT2D eigenvalue weighted by Crippen LogP contribution is 2.25. The van der Waals surface area contributed by atoms with Crippen molar-refractivity contribution >= 4 is 17.7 Å². The Kier molecular flexibility index (Phi) is 6.75. The number of ether oxygens (including phenoxy) is 1. The maximum atomic E-state index is 12.9. The molecule has 0 spiro atoms. The Morgan fingerprint density at radius 1 is 0.909 bits per heavy atom. The Bertz CT molecular complexity index is 1230. The van der Waals surface area contributed by atoms with Gasteiger partial charge in [0, 0.05) is 5.56 Å². The molecule has 4 rings (SSSR count). The fourth-order valence-corrected chi connectivity index (χ4v) is 3.25. The van der Waals surface area contributed by atoms with Crippen molar-refractivity contribution in [3.05, 3.63) is 102 Å². The minimum absolute atomic E-state index is 0.230. The van der Waals surface area contributed by atoms with E-state index in [4.69, 9.17) is 9.15 Å². The van der Waals surface area contributed by atoms with Crippen LogP contribution in [0.4, 0.5) is 10.5 Å². The Labute approximate surface area is 190 Å². The number of nitrogens with one attached hydrogen (secondary N) is 2. The fourth-order valence-electron chi connectivity index (χ4n) is 3.25. The lowest BCUT2D eigenvalue weighted by Gasteiger charge is -2.17. The van der Waals surface area contributed by atoms with Crippen LogP contribution in [0.1, 0.15) is 34.8 Å². The molecule has 0 aliphatic carbocycles. The predicted molar refractivity (Wildman–Crippen MR) is 123 cm³/mol. The van der Waals surface area contributed by atoms with Crippen molar-refractivity contribution in [1.29, 1.82) is 0 Å². The van der Waals surface area contributed by atoms with E-state index in [0.717, 1.165) is 11.1 Å². The second kappa shape index (κ2) is 10.2. The molecule has 4 aromatic rings. The molecule has 8 heteroatoms. The first-order valence-electron chi connectivity index (χ1n) is 10.4. The van der Waals surface area contributed by atoms with Gasteiger partial charge < -0.3 is 19.8 Å². The van der Waals surface area contributed by atoms with Gasteiger partial charge in [0.2, 0.25) is 11.8 Å². The number of esters is 1. The van der Waals surface area contributed by atoms with Crippen LogP contribution in [0.25, 0.3) is 11.5 Å². The van der Waals surface area contributed by atoms with Gasteiger partial charge in [-0.05, 0) is 36.8 Å². The van der Waals surface area contributed by atoms with Crippen LogP contribution in [0, 0.1) is 0 Å². The third-order valence-electron chi connectivity index (χ3n) is 4.79. The van der Waals surface area contributed by atoms with Crippen molar-refractivity contribution in [2.24, 2.45) is 0 Å². The number of anilines is 1. The van der Waals surface area contributed by atoms with Crippen LogP contribution in [-0.2, 0) is 4.74 Å². The van der Waals surface area contributed by atoms with Gasteiger partial charge in [-0.15, -0.1) is 10.2 Å². The van der Waals surface area contributed by atoms with Gasteiger partial charge in [0.05, 0.1) is 17.9 Å². The second-order valence-electron chi connectivity index (χ2n) is 7.02. The standard InChI is InChI=1S/C25H22N4O4/c1-2-32-24(30)19-15-9-10-16-20(19)26-25(31)27-21(17-11-5-3-6-12-17)23-29-28-22(33-23)18-13-7-4-8-14-18/h3-16,21H,2H2,1H3,(H2,26,27,31). The number of nitrogens with zero attached hydrogens (tertiary/aromatic N) is 2. The minimum atomic E-state index is -0.703. The molecule has 1 aromatic heterocycles. The van der Waals surface area contributed by atoms with Gasteiger partial charge in [-0.1, -0.05) is 60.7 Å². The highest BCUT2D eigenvalue weighted by molar-refractivity contribution is 6.00.